The quantitative estimate of drug-likeness (QED) is 0.824. The number of hydrogen-bond acceptors (Lipinski definition) is 2. The van der Waals surface area contributed by atoms with Crippen LogP contribution in [-0.2, 0) is 4.79 Å². The highest BCUT2D eigenvalue weighted by atomic mass is 35.5. The largest absolute Gasteiger partial charge is 0.489 e. The van der Waals surface area contributed by atoms with E-state index in [1.165, 1.54) is 0 Å². The minimum absolute atomic E-state index is 0.257. The van der Waals surface area contributed by atoms with Gasteiger partial charge in [0.2, 0.25) is 0 Å². The van der Waals surface area contributed by atoms with Gasteiger partial charge in [0.1, 0.15) is 12.4 Å². The van der Waals surface area contributed by atoms with Crippen molar-refractivity contribution >= 4 is 17.6 Å². The molecule has 0 saturated heterocycles. The van der Waals surface area contributed by atoms with Gasteiger partial charge in [-0.05, 0) is 48.6 Å². The van der Waals surface area contributed by atoms with E-state index in [9.17, 15) is 4.79 Å². The van der Waals surface area contributed by atoms with Crippen molar-refractivity contribution in [3.63, 3.8) is 0 Å². The van der Waals surface area contributed by atoms with Crippen LogP contribution in [0.5, 0.6) is 5.75 Å². The van der Waals surface area contributed by atoms with E-state index in [2.05, 4.69) is 13.8 Å². The summed E-state index contributed by atoms with van der Waals surface area (Å²) in [6.07, 6.45) is 1.15. The Morgan fingerprint density at radius 3 is 2.63 bits per heavy atom. The number of ether oxygens (including phenoxy) is 1. The molecule has 0 aromatic heterocycles. The van der Waals surface area contributed by atoms with Crippen LogP contribution in [0.2, 0.25) is 5.02 Å². The fourth-order valence-corrected chi connectivity index (χ4v) is 1.86. The van der Waals surface area contributed by atoms with Gasteiger partial charge in [0.25, 0.3) is 0 Å². The fourth-order valence-electron chi connectivity index (χ4n) is 1.69. The summed E-state index contributed by atoms with van der Waals surface area (Å²) in [5.74, 6) is 0.0874. The number of benzene rings is 1. The second kappa shape index (κ2) is 6.62. The molecule has 0 heterocycles. The van der Waals surface area contributed by atoms with Gasteiger partial charge < -0.3 is 9.84 Å². The Labute approximate surface area is 118 Å². The van der Waals surface area contributed by atoms with Gasteiger partial charge >= 0.3 is 5.97 Å². The molecule has 104 valence electrons. The number of aliphatic carboxylic acids is 1. The molecule has 0 aliphatic carbocycles. The highest BCUT2D eigenvalue weighted by Crippen LogP contribution is 2.32. The highest BCUT2D eigenvalue weighted by Gasteiger charge is 2.11. The third kappa shape index (κ3) is 4.60. The fraction of sp³-hybridized carbons (Fsp3) is 0.400. The predicted octanol–water partition coefficient (Wildman–Crippen LogP) is 4.18. The van der Waals surface area contributed by atoms with E-state index < -0.39 is 5.97 Å². The normalized spacial score (nSPS) is 11.8. The number of carboxylic acid groups (broad SMARTS) is 1. The molecule has 1 aromatic carbocycles. The molecule has 0 saturated carbocycles. The van der Waals surface area contributed by atoms with Crippen LogP contribution < -0.4 is 4.74 Å². The van der Waals surface area contributed by atoms with Gasteiger partial charge in [-0.2, -0.15) is 0 Å². The van der Waals surface area contributed by atoms with E-state index in [1.54, 1.807) is 6.92 Å². The summed E-state index contributed by atoms with van der Waals surface area (Å²) in [7, 11) is 0. The number of carbonyl (C=O) groups is 1. The summed E-state index contributed by atoms with van der Waals surface area (Å²) < 4.78 is 5.71. The molecule has 0 aliphatic heterocycles. The molecule has 1 aromatic rings. The monoisotopic (exact) mass is 282 g/mol. The van der Waals surface area contributed by atoms with E-state index in [4.69, 9.17) is 21.4 Å². The molecule has 0 unspecified atom stereocenters. The first-order chi connectivity index (χ1) is 8.81. The Hall–Kier alpha value is -1.48. The third-order valence-corrected chi connectivity index (χ3v) is 3.15. The SMILES string of the molecule is CC(=CC(=O)O)COc1cc(C)c(Cl)cc1C(C)C. The van der Waals surface area contributed by atoms with Gasteiger partial charge in [-0.15, -0.1) is 0 Å². The molecular formula is C15H19ClO3. The van der Waals surface area contributed by atoms with Crippen molar-refractivity contribution < 1.29 is 14.6 Å². The third-order valence-electron chi connectivity index (χ3n) is 2.74. The van der Waals surface area contributed by atoms with Crippen molar-refractivity contribution in [1.29, 1.82) is 0 Å². The van der Waals surface area contributed by atoms with Crippen molar-refractivity contribution in [2.75, 3.05) is 6.61 Å². The van der Waals surface area contributed by atoms with Gasteiger partial charge in [-0.1, -0.05) is 25.4 Å². The van der Waals surface area contributed by atoms with Crippen LogP contribution >= 0.6 is 11.6 Å². The Bertz CT molecular complexity index is 504. The molecule has 0 fully saturated rings. The van der Waals surface area contributed by atoms with E-state index in [0.717, 1.165) is 23.0 Å². The maximum atomic E-state index is 10.5. The molecule has 0 bridgehead atoms. The van der Waals surface area contributed by atoms with Crippen molar-refractivity contribution in [3.05, 3.63) is 39.9 Å². The summed E-state index contributed by atoms with van der Waals surface area (Å²) in [4.78, 5) is 10.5. The number of halogens is 1. The lowest BCUT2D eigenvalue weighted by molar-refractivity contribution is -0.131. The van der Waals surface area contributed by atoms with Gasteiger partial charge in [-0.3, -0.25) is 0 Å². The Balaban J connectivity index is 2.94. The zero-order valence-corrected chi connectivity index (χ0v) is 12.4. The van der Waals surface area contributed by atoms with Gasteiger partial charge in [0.05, 0.1) is 0 Å². The minimum Gasteiger partial charge on any atom is -0.489 e. The molecule has 0 amide bonds. The molecule has 0 radical (unpaired) electrons. The van der Waals surface area contributed by atoms with Gasteiger partial charge in [0.15, 0.2) is 0 Å². The Morgan fingerprint density at radius 2 is 2.11 bits per heavy atom. The molecule has 1 N–H and O–H groups in total. The molecule has 0 atom stereocenters. The first kappa shape index (κ1) is 15.6. The highest BCUT2D eigenvalue weighted by molar-refractivity contribution is 6.31. The minimum atomic E-state index is -0.961. The van der Waals surface area contributed by atoms with Crippen molar-refractivity contribution in [3.8, 4) is 5.75 Å². The summed E-state index contributed by atoms with van der Waals surface area (Å²) in [5.41, 5.74) is 2.63. The van der Waals surface area contributed by atoms with Crippen LogP contribution in [0.4, 0.5) is 0 Å². The van der Waals surface area contributed by atoms with Gasteiger partial charge in [0, 0.05) is 11.1 Å². The predicted molar refractivity (Wildman–Crippen MR) is 77.2 cm³/mol. The first-order valence-electron chi connectivity index (χ1n) is 6.14. The van der Waals surface area contributed by atoms with Crippen LogP contribution in [0.25, 0.3) is 0 Å². The van der Waals surface area contributed by atoms with E-state index in [0.29, 0.717) is 10.6 Å². The summed E-state index contributed by atoms with van der Waals surface area (Å²) in [5, 5.41) is 9.37. The topological polar surface area (TPSA) is 46.5 Å². The molecule has 3 nitrogen and oxygen atoms in total. The van der Waals surface area contributed by atoms with E-state index in [-0.39, 0.29) is 12.5 Å². The molecule has 0 aliphatic rings. The second-order valence-electron chi connectivity index (χ2n) is 4.91. The van der Waals surface area contributed by atoms with Gasteiger partial charge in [-0.25, -0.2) is 4.79 Å². The molecule has 4 heteroatoms. The van der Waals surface area contributed by atoms with Crippen molar-refractivity contribution in [2.24, 2.45) is 0 Å². The number of carboxylic acids is 1. The van der Waals surface area contributed by atoms with Crippen LogP contribution in [0.1, 0.15) is 37.8 Å². The number of aryl methyl sites for hydroxylation is 1. The first-order valence-corrected chi connectivity index (χ1v) is 6.52. The Morgan fingerprint density at radius 1 is 1.47 bits per heavy atom. The maximum absolute atomic E-state index is 10.5. The standard InChI is InChI=1S/C15H19ClO3/c1-9(2)12-7-13(16)11(4)6-14(12)19-8-10(3)5-15(17)18/h5-7,9H,8H2,1-4H3,(H,17,18). The zero-order chi connectivity index (χ0) is 14.6. The van der Waals surface area contributed by atoms with E-state index >= 15 is 0 Å². The van der Waals surface area contributed by atoms with Crippen LogP contribution in [0, 0.1) is 6.92 Å². The Kier molecular flexibility index (Phi) is 5.43. The van der Waals surface area contributed by atoms with Crippen LogP contribution in [-0.4, -0.2) is 17.7 Å². The average Bonchev–Trinajstić information content (AvgIpc) is 2.29. The summed E-state index contributed by atoms with van der Waals surface area (Å²) >= 11 is 6.12. The molecule has 1 rings (SSSR count). The number of hydrogen-bond donors (Lipinski definition) is 1. The van der Waals surface area contributed by atoms with E-state index in [1.807, 2.05) is 19.1 Å². The summed E-state index contributed by atoms with van der Waals surface area (Å²) in [6, 6.07) is 3.80. The maximum Gasteiger partial charge on any atom is 0.328 e. The summed E-state index contributed by atoms with van der Waals surface area (Å²) in [6.45, 7) is 8.03. The van der Waals surface area contributed by atoms with Crippen molar-refractivity contribution in [2.45, 2.75) is 33.6 Å². The molecule has 0 spiro atoms. The lowest BCUT2D eigenvalue weighted by Gasteiger charge is -2.16. The van der Waals surface area contributed by atoms with Crippen LogP contribution in [0.15, 0.2) is 23.8 Å². The second-order valence-corrected chi connectivity index (χ2v) is 5.32. The average molecular weight is 283 g/mol. The van der Waals surface area contributed by atoms with Crippen LogP contribution in [0.3, 0.4) is 0 Å². The lowest BCUT2D eigenvalue weighted by atomic mass is 10.0. The molecular weight excluding hydrogens is 264 g/mol. The van der Waals surface area contributed by atoms with Crippen molar-refractivity contribution in [1.82, 2.24) is 0 Å². The zero-order valence-electron chi connectivity index (χ0n) is 11.7. The lowest BCUT2D eigenvalue weighted by Crippen LogP contribution is -2.04. The molecule has 19 heavy (non-hydrogen) atoms. The number of rotatable bonds is 5. The smallest absolute Gasteiger partial charge is 0.328 e.